The van der Waals surface area contributed by atoms with E-state index < -0.39 is 35.5 Å². The van der Waals surface area contributed by atoms with Crippen LogP contribution in [0.1, 0.15) is 49.2 Å². The molecule has 1 aliphatic heterocycles. The van der Waals surface area contributed by atoms with Gasteiger partial charge in [-0.1, -0.05) is 26.0 Å². The lowest BCUT2D eigenvalue weighted by molar-refractivity contribution is -0.126. The molecule has 0 aliphatic carbocycles. The largest absolute Gasteiger partial charge is 0.496 e. The zero-order chi connectivity index (χ0) is 28.1. The summed E-state index contributed by atoms with van der Waals surface area (Å²) < 4.78 is 32.7. The average molecular weight is 541 g/mol. The Morgan fingerprint density at radius 2 is 1.90 bits per heavy atom. The molecule has 1 fully saturated rings. The molecule has 1 aliphatic rings. The van der Waals surface area contributed by atoms with E-state index in [1.807, 2.05) is 26.0 Å². The van der Waals surface area contributed by atoms with Crippen molar-refractivity contribution in [1.82, 2.24) is 20.9 Å². The molecule has 4 N–H and O–H groups in total. The van der Waals surface area contributed by atoms with Crippen LogP contribution >= 0.6 is 0 Å². The van der Waals surface area contributed by atoms with Gasteiger partial charge in [0.25, 0.3) is 5.91 Å². The maximum absolute atomic E-state index is 13.9. The Labute approximate surface area is 225 Å². The van der Waals surface area contributed by atoms with Gasteiger partial charge in [-0.05, 0) is 67.5 Å². The van der Waals surface area contributed by atoms with Crippen molar-refractivity contribution in [2.45, 2.75) is 51.6 Å². The number of benzene rings is 2. The topological polar surface area (TPSA) is 112 Å². The van der Waals surface area contributed by atoms with Crippen molar-refractivity contribution in [3.8, 4) is 5.75 Å². The molecule has 1 aromatic heterocycles. The van der Waals surface area contributed by atoms with Gasteiger partial charge in [0, 0.05) is 29.4 Å². The molecule has 8 nitrogen and oxygen atoms in total. The molecule has 0 radical (unpaired) electrons. The van der Waals surface area contributed by atoms with E-state index in [4.69, 9.17) is 4.74 Å². The van der Waals surface area contributed by atoms with Crippen LogP contribution in [0.5, 0.6) is 5.75 Å². The maximum Gasteiger partial charge on any atom is 0.268 e. The van der Waals surface area contributed by atoms with Crippen molar-refractivity contribution in [3.05, 3.63) is 65.4 Å². The lowest BCUT2D eigenvalue weighted by Crippen LogP contribution is -2.51. The third-order valence-corrected chi connectivity index (χ3v) is 6.96. The summed E-state index contributed by atoms with van der Waals surface area (Å²) in [6.45, 7) is 4.44. The van der Waals surface area contributed by atoms with Gasteiger partial charge < -0.3 is 25.7 Å². The summed E-state index contributed by atoms with van der Waals surface area (Å²) in [5.74, 6) is -2.47. The minimum absolute atomic E-state index is 0.0918. The van der Waals surface area contributed by atoms with E-state index in [0.717, 1.165) is 23.0 Å². The van der Waals surface area contributed by atoms with E-state index in [0.29, 0.717) is 37.1 Å². The normalized spacial score (nSPS) is 16.7. The number of carbonyl (C=O) groups excluding carboxylic acids is 3. The van der Waals surface area contributed by atoms with Crippen LogP contribution in [0.25, 0.3) is 10.9 Å². The number of rotatable bonds is 11. The van der Waals surface area contributed by atoms with Crippen LogP contribution in [0.15, 0.2) is 42.5 Å². The highest BCUT2D eigenvalue weighted by Crippen LogP contribution is 2.26. The molecule has 10 heteroatoms. The van der Waals surface area contributed by atoms with Gasteiger partial charge in [-0.2, -0.15) is 0 Å². The van der Waals surface area contributed by atoms with E-state index in [9.17, 15) is 23.2 Å². The van der Waals surface area contributed by atoms with Crippen molar-refractivity contribution in [3.63, 3.8) is 0 Å². The van der Waals surface area contributed by atoms with E-state index in [2.05, 4.69) is 20.9 Å². The predicted molar refractivity (Wildman–Crippen MR) is 143 cm³/mol. The molecule has 2 aromatic carbocycles. The molecule has 4 rings (SSSR count). The summed E-state index contributed by atoms with van der Waals surface area (Å²) in [6, 6.07) is 9.34. The number of carbonyl (C=O) groups is 3. The maximum atomic E-state index is 13.9. The summed E-state index contributed by atoms with van der Waals surface area (Å²) >= 11 is 0. The summed E-state index contributed by atoms with van der Waals surface area (Å²) in [4.78, 5) is 42.0. The van der Waals surface area contributed by atoms with E-state index in [1.54, 1.807) is 19.2 Å². The quantitative estimate of drug-likeness (QED) is 0.296. The van der Waals surface area contributed by atoms with Gasteiger partial charge in [0.05, 0.1) is 7.11 Å². The highest BCUT2D eigenvalue weighted by Gasteiger charge is 2.31. The molecule has 3 atom stereocenters. The summed E-state index contributed by atoms with van der Waals surface area (Å²) in [6.07, 6.45) is 1.54. The molecular formula is C29H34F2N4O4. The second-order valence-electron chi connectivity index (χ2n) is 10.4. The van der Waals surface area contributed by atoms with E-state index >= 15 is 0 Å². The second kappa shape index (κ2) is 12.3. The monoisotopic (exact) mass is 540 g/mol. The van der Waals surface area contributed by atoms with Crippen molar-refractivity contribution in [2.24, 2.45) is 11.8 Å². The number of halogens is 2. The van der Waals surface area contributed by atoms with E-state index in [-0.39, 0.29) is 29.9 Å². The fraction of sp³-hybridized carbons (Fsp3) is 0.414. The molecule has 3 aromatic rings. The summed E-state index contributed by atoms with van der Waals surface area (Å²) in [5.41, 5.74) is 1.51. The third-order valence-electron chi connectivity index (χ3n) is 6.96. The molecule has 3 amide bonds. The molecule has 1 saturated heterocycles. The molecule has 0 saturated carbocycles. The van der Waals surface area contributed by atoms with E-state index in [1.165, 1.54) is 6.07 Å². The van der Waals surface area contributed by atoms with Crippen LogP contribution in [0.2, 0.25) is 0 Å². The number of fused-ring (bicyclic) bond motifs is 1. The molecule has 39 heavy (non-hydrogen) atoms. The summed E-state index contributed by atoms with van der Waals surface area (Å²) in [7, 11) is 1.55. The molecule has 0 bridgehead atoms. The number of amides is 3. The third kappa shape index (κ3) is 6.93. The van der Waals surface area contributed by atoms with Crippen molar-refractivity contribution in [2.75, 3.05) is 13.7 Å². The Morgan fingerprint density at radius 1 is 1.10 bits per heavy atom. The van der Waals surface area contributed by atoms with Crippen molar-refractivity contribution in [1.29, 1.82) is 0 Å². The first-order valence-electron chi connectivity index (χ1n) is 13.1. The molecule has 2 heterocycles. The zero-order valence-electron chi connectivity index (χ0n) is 22.3. The Bertz CT molecular complexity index is 1360. The van der Waals surface area contributed by atoms with Gasteiger partial charge in [-0.3, -0.25) is 14.4 Å². The number of aromatic nitrogens is 1. The Morgan fingerprint density at radius 3 is 2.56 bits per heavy atom. The fourth-order valence-corrected chi connectivity index (χ4v) is 5.03. The minimum Gasteiger partial charge on any atom is -0.496 e. The van der Waals surface area contributed by atoms with Gasteiger partial charge in [-0.25, -0.2) is 8.78 Å². The minimum atomic E-state index is -0.976. The zero-order valence-corrected chi connectivity index (χ0v) is 22.3. The van der Waals surface area contributed by atoms with Gasteiger partial charge in [-0.15, -0.1) is 0 Å². The van der Waals surface area contributed by atoms with Crippen molar-refractivity contribution >= 4 is 28.6 Å². The van der Waals surface area contributed by atoms with Crippen LogP contribution in [0, 0.1) is 23.5 Å². The van der Waals surface area contributed by atoms with Crippen LogP contribution in [0.3, 0.4) is 0 Å². The fourth-order valence-electron chi connectivity index (χ4n) is 5.03. The Hall–Kier alpha value is -3.95. The second-order valence-corrected chi connectivity index (χ2v) is 10.4. The lowest BCUT2D eigenvalue weighted by Gasteiger charge is -2.26. The lowest BCUT2D eigenvalue weighted by atomic mass is 9.93. The van der Waals surface area contributed by atoms with Crippen LogP contribution in [-0.4, -0.2) is 48.4 Å². The summed E-state index contributed by atoms with van der Waals surface area (Å²) in [5, 5.41) is 9.35. The number of hydrogen-bond donors (Lipinski definition) is 4. The average Bonchev–Trinajstić information content (AvgIpc) is 3.51. The highest BCUT2D eigenvalue weighted by molar-refractivity contribution is 6.01. The van der Waals surface area contributed by atoms with Crippen molar-refractivity contribution < 1.29 is 27.9 Å². The van der Waals surface area contributed by atoms with Crippen LogP contribution < -0.4 is 20.7 Å². The van der Waals surface area contributed by atoms with Gasteiger partial charge in [0.1, 0.15) is 17.5 Å². The molecule has 0 spiro atoms. The standard InChI is InChI=1S/C29H34F2N4O4/c1-16(2)11-24(35-29(38)25-15-20-23(34-25)5-4-6-26(20)39-3)28(37)33-19(14-18-9-10-32-27(18)36)12-17-7-8-21(30)22(31)13-17/h4-8,13,15-16,18-19,24,34H,9-12,14H2,1-3H3,(H,32,36)(H,33,37)(H,35,38)/t18-,19+,24-/m0/s1. The predicted octanol–water partition coefficient (Wildman–Crippen LogP) is 3.85. The van der Waals surface area contributed by atoms with Gasteiger partial charge in [0.15, 0.2) is 11.6 Å². The highest BCUT2D eigenvalue weighted by atomic mass is 19.2. The SMILES string of the molecule is COc1cccc2[nH]c(C(=O)N[C@@H](CC(C)C)C(=O)N[C@H](Cc3ccc(F)c(F)c3)C[C@@H]3CCNC3=O)cc12. The smallest absolute Gasteiger partial charge is 0.268 e. The first-order valence-corrected chi connectivity index (χ1v) is 13.1. The number of H-pyrrole nitrogens is 1. The Kier molecular flexibility index (Phi) is 8.83. The molecular weight excluding hydrogens is 506 g/mol. The van der Waals surface area contributed by atoms with Gasteiger partial charge >= 0.3 is 0 Å². The van der Waals surface area contributed by atoms with Crippen LogP contribution in [0.4, 0.5) is 8.78 Å². The number of nitrogens with one attached hydrogen (secondary N) is 4. The number of hydrogen-bond acceptors (Lipinski definition) is 4. The number of aromatic amines is 1. The Balaban J connectivity index is 1.52. The number of ether oxygens (including phenoxy) is 1. The first-order chi connectivity index (χ1) is 18.6. The van der Waals surface area contributed by atoms with Gasteiger partial charge in [0.2, 0.25) is 11.8 Å². The first kappa shape index (κ1) is 28.1. The molecule has 208 valence electrons. The van der Waals surface area contributed by atoms with Crippen LogP contribution in [-0.2, 0) is 16.0 Å². The number of methoxy groups -OCH3 is 1. The molecule has 0 unspecified atom stereocenters.